The Balaban J connectivity index is 1.89. The van der Waals surface area contributed by atoms with Crippen molar-refractivity contribution < 1.29 is 4.74 Å². The summed E-state index contributed by atoms with van der Waals surface area (Å²) in [4.78, 5) is 1.34. The van der Waals surface area contributed by atoms with E-state index in [4.69, 9.17) is 4.74 Å². The van der Waals surface area contributed by atoms with E-state index in [0.29, 0.717) is 6.61 Å². The quantitative estimate of drug-likeness (QED) is 0.693. The molecule has 0 amide bonds. The average Bonchev–Trinajstić information content (AvgIpc) is 2.83. The van der Waals surface area contributed by atoms with E-state index >= 15 is 0 Å². The van der Waals surface area contributed by atoms with E-state index in [2.05, 4.69) is 45.5 Å². The molecule has 0 aliphatic heterocycles. The zero-order valence-electron chi connectivity index (χ0n) is 11.7. The molecule has 1 N–H and O–H groups in total. The number of nitrogens with one attached hydrogen (secondary N) is 1. The molecule has 21 heavy (non-hydrogen) atoms. The molecule has 2 nitrogen and oxygen atoms in total. The molecule has 0 saturated carbocycles. The first-order chi connectivity index (χ1) is 10.3. The first-order valence-corrected chi connectivity index (χ1v) is 8.41. The van der Waals surface area contributed by atoms with E-state index in [9.17, 15) is 0 Å². The summed E-state index contributed by atoms with van der Waals surface area (Å²) in [6.45, 7) is 1.47. The minimum absolute atomic E-state index is 0.595. The average molecular weight is 362 g/mol. The number of fused-ring (bicyclic) bond motifs is 1. The molecule has 0 radical (unpaired) electrons. The van der Waals surface area contributed by atoms with E-state index in [0.717, 1.165) is 16.8 Å². The predicted octanol–water partition coefficient (Wildman–Crippen LogP) is 4.96. The van der Waals surface area contributed by atoms with Gasteiger partial charge >= 0.3 is 0 Å². The number of ether oxygens (including phenoxy) is 1. The molecule has 3 aromatic rings. The fourth-order valence-corrected chi connectivity index (χ4v) is 3.92. The van der Waals surface area contributed by atoms with Crippen molar-refractivity contribution in [3.63, 3.8) is 0 Å². The highest BCUT2D eigenvalue weighted by atomic mass is 79.9. The van der Waals surface area contributed by atoms with Gasteiger partial charge in [-0.25, -0.2) is 0 Å². The summed E-state index contributed by atoms with van der Waals surface area (Å²) in [7, 11) is 1.98. The molecular weight excluding hydrogens is 346 g/mol. The predicted molar refractivity (Wildman–Crippen MR) is 93.1 cm³/mol. The standard InChI is InChI=1S/C17H16BrNOS/c1-19-10-17-15(14-7-2-3-8-16(14)21-17)11-20-13-6-4-5-12(18)9-13/h2-9,19H,10-11H2,1H3. The lowest BCUT2D eigenvalue weighted by molar-refractivity contribution is 0.306. The number of benzene rings is 2. The first kappa shape index (κ1) is 14.6. The molecule has 2 aromatic carbocycles. The van der Waals surface area contributed by atoms with Gasteiger partial charge in [0.05, 0.1) is 0 Å². The van der Waals surface area contributed by atoms with Crippen LogP contribution in [0.1, 0.15) is 10.4 Å². The van der Waals surface area contributed by atoms with Crippen LogP contribution in [0.15, 0.2) is 53.0 Å². The maximum atomic E-state index is 5.98. The summed E-state index contributed by atoms with van der Waals surface area (Å²) < 4.78 is 8.32. The Bertz CT molecular complexity index is 753. The molecular formula is C17H16BrNOS. The van der Waals surface area contributed by atoms with Crippen molar-refractivity contribution in [2.75, 3.05) is 7.05 Å². The van der Waals surface area contributed by atoms with E-state index < -0.39 is 0 Å². The van der Waals surface area contributed by atoms with Gasteiger partial charge in [-0.05, 0) is 36.7 Å². The van der Waals surface area contributed by atoms with Gasteiger partial charge in [0.2, 0.25) is 0 Å². The van der Waals surface area contributed by atoms with Crippen LogP contribution in [0.25, 0.3) is 10.1 Å². The molecule has 0 spiro atoms. The molecule has 0 saturated heterocycles. The summed E-state index contributed by atoms with van der Waals surface area (Å²) in [5.74, 6) is 0.884. The van der Waals surface area contributed by atoms with Gasteiger partial charge in [0.25, 0.3) is 0 Å². The number of thiophene rings is 1. The fourth-order valence-electron chi connectivity index (χ4n) is 2.32. The highest BCUT2D eigenvalue weighted by molar-refractivity contribution is 9.10. The molecule has 108 valence electrons. The minimum Gasteiger partial charge on any atom is -0.489 e. The van der Waals surface area contributed by atoms with Crippen molar-refractivity contribution in [1.82, 2.24) is 5.32 Å². The Morgan fingerprint density at radius 1 is 1.14 bits per heavy atom. The summed E-state index contributed by atoms with van der Waals surface area (Å²) in [5.41, 5.74) is 1.28. The van der Waals surface area contributed by atoms with Crippen LogP contribution in [0.3, 0.4) is 0 Å². The monoisotopic (exact) mass is 361 g/mol. The molecule has 0 unspecified atom stereocenters. The van der Waals surface area contributed by atoms with Crippen LogP contribution in [-0.4, -0.2) is 7.05 Å². The lowest BCUT2D eigenvalue weighted by Gasteiger charge is -2.08. The van der Waals surface area contributed by atoms with E-state index in [1.807, 2.05) is 42.6 Å². The summed E-state index contributed by atoms with van der Waals surface area (Å²) in [6.07, 6.45) is 0. The van der Waals surface area contributed by atoms with E-state index in [-0.39, 0.29) is 0 Å². The van der Waals surface area contributed by atoms with Gasteiger partial charge in [0, 0.05) is 26.2 Å². The lowest BCUT2D eigenvalue weighted by Crippen LogP contribution is -2.06. The highest BCUT2D eigenvalue weighted by Crippen LogP contribution is 2.32. The first-order valence-electron chi connectivity index (χ1n) is 6.80. The third-order valence-corrected chi connectivity index (χ3v) is 5.00. The summed E-state index contributed by atoms with van der Waals surface area (Å²) in [6, 6.07) is 16.5. The van der Waals surface area contributed by atoms with Crippen LogP contribution >= 0.6 is 27.3 Å². The van der Waals surface area contributed by atoms with E-state index in [1.54, 1.807) is 0 Å². The zero-order valence-corrected chi connectivity index (χ0v) is 14.1. The normalized spacial score (nSPS) is 11.0. The minimum atomic E-state index is 0.595. The van der Waals surface area contributed by atoms with Gasteiger partial charge in [-0.15, -0.1) is 11.3 Å². The van der Waals surface area contributed by atoms with Gasteiger partial charge < -0.3 is 10.1 Å². The summed E-state index contributed by atoms with van der Waals surface area (Å²) in [5, 5.41) is 4.53. The van der Waals surface area contributed by atoms with Crippen LogP contribution in [-0.2, 0) is 13.2 Å². The number of halogens is 1. The molecule has 0 bridgehead atoms. The third kappa shape index (κ3) is 3.28. The fraction of sp³-hybridized carbons (Fsp3) is 0.176. The second-order valence-corrected chi connectivity index (χ2v) is 6.83. The van der Waals surface area contributed by atoms with Crippen molar-refractivity contribution in [3.05, 3.63) is 63.4 Å². The molecule has 0 aliphatic rings. The third-order valence-electron chi connectivity index (χ3n) is 3.30. The van der Waals surface area contributed by atoms with Crippen LogP contribution < -0.4 is 10.1 Å². The van der Waals surface area contributed by atoms with Crippen molar-refractivity contribution in [2.45, 2.75) is 13.2 Å². The van der Waals surface area contributed by atoms with Gasteiger partial charge in [-0.2, -0.15) is 0 Å². The molecule has 1 aromatic heterocycles. The van der Waals surface area contributed by atoms with Crippen LogP contribution in [0.4, 0.5) is 0 Å². The molecule has 0 fully saturated rings. The van der Waals surface area contributed by atoms with Gasteiger partial charge in [-0.3, -0.25) is 0 Å². The van der Waals surface area contributed by atoms with Crippen molar-refractivity contribution in [3.8, 4) is 5.75 Å². The van der Waals surface area contributed by atoms with Gasteiger partial charge in [0.15, 0.2) is 0 Å². The highest BCUT2D eigenvalue weighted by Gasteiger charge is 2.12. The van der Waals surface area contributed by atoms with Crippen molar-refractivity contribution >= 4 is 37.4 Å². The Labute approximate surface area is 136 Å². The summed E-state index contributed by atoms with van der Waals surface area (Å²) >= 11 is 5.31. The van der Waals surface area contributed by atoms with Crippen LogP contribution in [0, 0.1) is 0 Å². The van der Waals surface area contributed by atoms with Crippen LogP contribution in [0.2, 0.25) is 0 Å². The van der Waals surface area contributed by atoms with E-state index in [1.165, 1.54) is 20.5 Å². The lowest BCUT2D eigenvalue weighted by atomic mass is 10.1. The van der Waals surface area contributed by atoms with Crippen LogP contribution in [0.5, 0.6) is 5.75 Å². The van der Waals surface area contributed by atoms with Gasteiger partial charge in [0.1, 0.15) is 12.4 Å². The maximum Gasteiger partial charge on any atom is 0.120 e. The molecule has 0 aliphatic carbocycles. The maximum absolute atomic E-state index is 5.98. The van der Waals surface area contributed by atoms with Gasteiger partial charge in [-0.1, -0.05) is 40.2 Å². The number of rotatable bonds is 5. The molecule has 3 rings (SSSR count). The van der Waals surface area contributed by atoms with Crippen molar-refractivity contribution in [1.29, 1.82) is 0 Å². The Morgan fingerprint density at radius 2 is 2.00 bits per heavy atom. The molecule has 0 atom stereocenters. The smallest absolute Gasteiger partial charge is 0.120 e. The SMILES string of the molecule is CNCc1sc2ccccc2c1COc1cccc(Br)c1. The number of hydrogen-bond acceptors (Lipinski definition) is 3. The second kappa shape index (κ2) is 6.60. The Morgan fingerprint density at radius 3 is 2.81 bits per heavy atom. The zero-order chi connectivity index (χ0) is 14.7. The molecule has 1 heterocycles. The Kier molecular flexibility index (Phi) is 4.58. The second-order valence-electron chi connectivity index (χ2n) is 4.78. The Hall–Kier alpha value is -1.36. The van der Waals surface area contributed by atoms with Crippen molar-refractivity contribution in [2.24, 2.45) is 0 Å². The largest absolute Gasteiger partial charge is 0.489 e. The number of hydrogen-bond donors (Lipinski definition) is 1. The molecule has 4 heteroatoms. The topological polar surface area (TPSA) is 21.3 Å².